The maximum Gasteiger partial charge on any atom is 0.301 e. The van der Waals surface area contributed by atoms with E-state index in [1.807, 2.05) is 79.7 Å². The highest BCUT2D eigenvalue weighted by molar-refractivity contribution is 8.00. The Hall–Kier alpha value is -4.93. The molecule has 1 aliphatic rings. The largest absolute Gasteiger partial charge is 0.507 e. The topological polar surface area (TPSA) is 102 Å². The molecule has 10 heteroatoms. The Morgan fingerprint density at radius 1 is 0.875 bits per heavy atom. The van der Waals surface area contributed by atoms with Gasteiger partial charge in [-0.2, -0.15) is 0 Å². The quantitative estimate of drug-likeness (QED) is 0.0331. The third-order valence-corrected chi connectivity index (χ3v) is 9.96. The van der Waals surface area contributed by atoms with E-state index in [0.717, 1.165) is 29.5 Å². The van der Waals surface area contributed by atoms with Crippen molar-refractivity contribution in [3.63, 3.8) is 0 Å². The number of ether oxygens (including phenoxy) is 2. The van der Waals surface area contributed by atoms with Crippen LogP contribution in [0.25, 0.3) is 5.76 Å². The van der Waals surface area contributed by atoms with Crippen LogP contribution < -0.4 is 14.4 Å². The molecule has 1 unspecified atom stereocenters. The van der Waals surface area contributed by atoms with Crippen molar-refractivity contribution in [3.05, 3.63) is 137 Å². The van der Waals surface area contributed by atoms with Gasteiger partial charge in [0.15, 0.2) is 4.34 Å². The molecule has 1 saturated heterocycles. The summed E-state index contributed by atoms with van der Waals surface area (Å²) in [6, 6.07) is 31.2. The number of thioether (sulfide) groups is 1. The summed E-state index contributed by atoms with van der Waals surface area (Å²) in [7, 11) is 0. The molecule has 6 rings (SSSR count). The second kappa shape index (κ2) is 15.3. The number of carbonyl (C=O) groups excluding carboxylic acids is 2. The molecule has 0 saturated carbocycles. The molecule has 1 fully saturated rings. The average Bonchev–Trinajstić information content (AvgIpc) is 3.68. The second-order valence-electron chi connectivity index (χ2n) is 11.4. The van der Waals surface area contributed by atoms with Crippen molar-refractivity contribution in [3.8, 4) is 11.5 Å². The lowest BCUT2D eigenvalue weighted by Crippen LogP contribution is -2.29. The standard InChI is InChI=1S/C38H35N3O5S2/c1-3-4-21-45-30-17-13-28(14-18-30)33-32(34(42)29-15-19-31(20-16-29)46-23-27-12-8-9-25(2)22-27)35(43)36(44)41(33)37-39-40-38(48-37)47-24-26-10-6-5-7-11-26/h5-20,22,33,42H,3-4,21,23-24H2,1-2H3. The highest BCUT2D eigenvalue weighted by atomic mass is 32.2. The summed E-state index contributed by atoms with van der Waals surface area (Å²) >= 11 is 2.74. The van der Waals surface area contributed by atoms with Gasteiger partial charge in [-0.25, -0.2) is 0 Å². The van der Waals surface area contributed by atoms with E-state index in [1.54, 1.807) is 24.3 Å². The summed E-state index contributed by atoms with van der Waals surface area (Å²) in [5, 5.41) is 20.5. The van der Waals surface area contributed by atoms with Gasteiger partial charge in [0, 0.05) is 11.3 Å². The number of unbranched alkanes of at least 4 members (excludes halogenated alkanes) is 1. The van der Waals surface area contributed by atoms with Crippen LogP contribution in [0.15, 0.2) is 113 Å². The molecule has 5 aromatic rings. The summed E-state index contributed by atoms with van der Waals surface area (Å²) in [5.74, 6) is 0.117. The molecule has 2 heterocycles. The maximum absolute atomic E-state index is 13.7. The van der Waals surface area contributed by atoms with E-state index >= 15 is 0 Å². The van der Waals surface area contributed by atoms with E-state index in [4.69, 9.17) is 9.47 Å². The molecule has 1 N–H and O–H groups in total. The van der Waals surface area contributed by atoms with Gasteiger partial charge in [0.25, 0.3) is 5.78 Å². The van der Waals surface area contributed by atoms with Crippen LogP contribution in [-0.4, -0.2) is 33.6 Å². The highest BCUT2D eigenvalue weighted by Gasteiger charge is 2.48. The van der Waals surface area contributed by atoms with Gasteiger partial charge in [0.05, 0.1) is 18.2 Å². The first-order valence-corrected chi connectivity index (χ1v) is 17.5. The summed E-state index contributed by atoms with van der Waals surface area (Å²) in [5.41, 5.74) is 4.32. The number of rotatable bonds is 13. The number of nitrogens with zero attached hydrogens (tertiary/aromatic N) is 3. The van der Waals surface area contributed by atoms with Crippen LogP contribution in [-0.2, 0) is 21.9 Å². The van der Waals surface area contributed by atoms with Gasteiger partial charge in [-0.15, -0.1) is 10.2 Å². The van der Waals surface area contributed by atoms with Gasteiger partial charge >= 0.3 is 5.91 Å². The van der Waals surface area contributed by atoms with Gasteiger partial charge in [-0.05, 0) is 66.4 Å². The summed E-state index contributed by atoms with van der Waals surface area (Å²) < 4.78 is 12.5. The number of benzene rings is 4. The van der Waals surface area contributed by atoms with Crippen LogP contribution >= 0.6 is 23.1 Å². The van der Waals surface area contributed by atoms with Crippen molar-refractivity contribution in [1.82, 2.24) is 10.2 Å². The number of aromatic nitrogens is 2. The third-order valence-electron chi connectivity index (χ3n) is 7.83. The van der Waals surface area contributed by atoms with E-state index < -0.39 is 17.7 Å². The molecule has 4 aromatic carbocycles. The number of aryl methyl sites for hydroxylation is 1. The minimum absolute atomic E-state index is 0.0261. The first kappa shape index (κ1) is 33.0. The molecule has 1 atom stereocenters. The van der Waals surface area contributed by atoms with Gasteiger partial charge in [0.1, 0.15) is 23.9 Å². The minimum atomic E-state index is -0.924. The zero-order chi connectivity index (χ0) is 33.5. The molecule has 0 radical (unpaired) electrons. The molecular formula is C38H35N3O5S2. The molecule has 0 spiro atoms. The van der Waals surface area contributed by atoms with Crippen LogP contribution in [0, 0.1) is 6.92 Å². The van der Waals surface area contributed by atoms with Gasteiger partial charge in [-0.1, -0.05) is 109 Å². The Kier molecular flexibility index (Phi) is 10.5. The van der Waals surface area contributed by atoms with E-state index in [9.17, 15) is 14.7 Å². The maximum atomic E-state index is 13.7. The van der Waals surface area contributed by atoms with E-state index in [-0.39, 0.29) is 16.5 Å². The first-order valence-electron chi connectivity index (χ1n) is 15.7. The molecule has 48 heavy (non-hydrogen) atoms. The summed E-state index contributed by atoms with van der Waals surface area (Å²) in [4.78, 5) is 28.7. The number of amides is 1. The Labute approximate surface area is 288 Å². The molecule has 0 aliphatic carbocycles. The lowest BCUT2D eigenvalue weighted by atomic mass is 9.95. The van der Waals surface area contributed by atoms with Crippen LogP contribution in [0.4, 0.5) is 5.13 Å². The Bertz CT molecular complexity index is 1910. The minimum Gasteiger partial charge on any atom is -0.507 e. The third kappa shape index (κ3) is 7.61. The number of aliphatic hydroxyl groups is 1. The Morgan fingerprint density at radius 3 is 2.31 bits per heavy atom. The Balaban J connectivity index is 1.30. The Morgan fingerprint density at radius 2 is 1.58 bits per heavy atom. The zero-order valence-corrected chi connectivity index (χ0v) is 28.3. The van der Waals surface area contributed by atoms with E-state index in [1.165, 1.54) is 28.0 Å². The molecule has 244 valence electrons. The van der Waals surface area contributed by atoms with Gasteiger partial charge in [-0.3, -0.25) is 14.5 Å². The number of aliphatic hydroxyl groups excluding tert-OH is 1. The number of hydrogen-bond donors (Lipinski definition) is 1. The number of anilines is 1. The number of ketones is 1. The van der Waals surface area contributed by atoms with Crippen molar-refractivity contribution in [2.75, 3.05) is 11.5 Å². The van der Waals surface area contributed by atoms with Crippen LogP contribution in [0.3, 0.4) is 0 Å². The zero-order valence-electron chi connectivity index (χ0n) is 26.7. The van der Waals surface area contributed by atoms with E-state index in [2.05, 4.69) is 23.2 Å². The van der Waals surface area contributed by atoms with E-state index in [0.29, 0.717) is 45.9 Å². The van der Waals surface area contributed by atoms with Crippen molar-refractivity contribution in [2.24, 2.45) is 0 Å². The van der Waals surface area contributed by atoms with Crippen molar-refractivity contribution in [1.29, 1.82) is 0 Å². The average molecular weight is 678 g/mol. The lowest BCUT2D eigenvalue weighted by molar-refractivity contribution is -0.132. The van der Waals surface area contributed by atoms with Crippen LogP contribution in [0.2, 0.25) is 0 Å². The summed E-state index contributed by atoms with van der Waals surface area (Å²) in [6.07, 6.45) is 1.94. The van der Waals surface area contributed by atoms with Crippen molar-refractivity contribution >= 4 is 45.7 Å². The normalized spacial score (nSPS) is 15.5. The molecule has 1 aromatic heterocycles. The molecule has 8 nitrogen and oxygen atoms in total. The molecule has 0 bridgehead atoms. The summed E-state index contributed by atoms with van der Waals surface area (Å²) in [6.45, 7) is 5.11. The highest BCUT2D eigenvalue weighted by Crippen LogP contribution is 2.44. The predicted molar refractivity (Wildman–Crippen MR) is 189 cm³/mol. The smallest absolute Gasteiger partial charge is 0.301 e. The first-order chi connectivity index (χ1) is 23.4. The predicted octanol–water partition coefficient (Wildman–Crippen LogP) is 8.52. The fraction of sp³-hybridized carbons (Fsp3) is 0.211. The number of carbonyl (C=O) groups is 2. The van der Waals surface area contributed by atoms with Gasteiger partial charge < -0.3 is 14.6 Å². The number of hydrogen-bond acceptors (Lipinski definition) is 9. The fourth-order valence-electron chi connectivity index (χ4n) is 5.34. The fourth-order valence-corrected chi connectivity index (χ4v) is 7.16. The van der Waals surface area contributed by atoms with Crippen molar-refractivity contribution < 1.29 is 24.2 Å². The van der Waals surface area contributed by atoms with Crippen molar-refractivity contribution in [2.45, 2.75) is 49.4 Å². The number of Topliss-reactive ketones (excluding diaryl/α,β-unsaturated/α-hetero) is 1. The molecular weight excluding hydrogens is 643 g/mol. The van der Waals surface area contributed by atoms with Crippen LogP contribution in [0.5, 0.6) is 11.5 Å². The SMILES string of the molecule is CCCCOc1ccc(C2C(=C(O)c3ccc(OCc4cccc(C)c4)cc3)C(=O)C(=O)N2c2nnc(SCc3ccccc3)s2)cc1. The lowest BCUT2D eigenvalue weighted by Gasteiger charge is -2.22. The molecule has 1 amide bonds. The van der Waals surface area contributed by atoms with Crippen LogP contribution in [0.1, 0.15) is 53.6 Å². The molecule has 1 aliphatic heterocycles. The second-order valence-corrected chi connectivity index (χ2v) is 13.5. The van der Waals surface area contributed by atoms with Gasteiger partial charge in [0.2, 0.25) is 5.13 Å². The monoisotopic (exact) mass is 677 g/mol.